The van der Waals surface area contributed by atoms with Gasteiger partial charge < -0.3 is 9.47 Å². The maximum absolute atomic E-state index is 8.97. The van der Waals surface area contributed by atoms with Crippen LogP contribution in [0.4, 0.5) is 0 Å². The molecule has 0 rings (SSSR count). The molecule has 4 heteroatoms. The van der Waals surface area contributed by atoms with Crippen LogP contribution in [0, 0.1) is 11.3 Å². The minimum absolute atomic E-state index is 0.397. The van der Waals surface area contributed by atoms with Gasteiger partial charge >= 0.3 is 0 Å². The Bertz CT molecular complexity index is 204. The molecule has 0 aliphatic carbocycles. The van der Waals surface area contributed by atoms with Gasteiger partial charge in [-0.3, -0.25) is 5.32 Å². The zero-order chi connectivity index (χ0) is 12.3. The van der Waals surface area contributed by atoms with E-state index in [-0.39, 0.29) is 0 Å². The van der Waals surface area contributed by atoms with E-state index in [9.17, 15) is 0 Å². The molecule has 4 nitrogen and oxygen atoms in total. The molecular weight excluding hydrogens is 204 g/mol. The van der Waals surface area contributed by atoms with Crippen LogP contribution < -0.4 is 5.32 Å². The van der Waals surface area contributed by atoms with Crippen molar-refractivity contribution < 1.29 is 9.47 Å². The Hall–Kier alpha value is -0.630. The summed E-state index contributed by atoms with van der Waals surface area (Å²) >= 11 is 0. The van der Waals surface area contributed by atoms with Crippen molar-refractivity contribution in [1.82, 2.24) is 5.32 Å². The molecule has 1 N–H and O–H groups in total. The summed E-state index contributed by atoms with van der Waals surface area (Å²) in [5, 5.41) is 12.1. The summed E-state index contributed by atoms with van der Waals surface area (Å²) in [6, 6.07) is 2.21. The second-order valence-corrected chi connectivity index (χ2v) is 3.99. The van der Waals surface area contributed by atoms with Crippen LogP contribution in [0.25, 0.3) is 0 Å². The predicted molar refractivity (Wildman–Crippen MR) is 64.2 cm³/mol. The molecule has 0 aromatic rings. The van der Waals surface area contributed by atoms with Crippen LogP contribution in [-0.4, -0.2) is 38.5 Å². The molecule has 1 unspecified atom stereocenters. The van der Waals surface area contributed by atoms with E-state index in [4.69, 9.17) is 14.7 Å². The molecule has 0 bridgehead atoms. The fourth-order valence-corrected chi connectivity index (χ4v) is 1.26. The van der Waals surface area contributed by atoms with Crippen molar-refractivity contribution in [3.63, 3.8) is 0 Å². The average molecular weight is 228 g/mol. The second kappa shape index (κ2) is 9.59. The lowest BCUT2D eigenvalue weighted by atomic mass is 10.1. The van der Waals surface area contributed by atoms with E-state index in [1.807, 2.05) is 13.8 Å². The third kappa shape index (κ3) is 7.63. The molecule has 0 amide bonds. The van der Waals surface area contributed by atoms with E-state index >= 15 is 0 Å². The van der Waals surface area contributed by atoms with Crippen molar-refractivity contribution in [2.75, 3.05) is 33.0 Å². The number of nitriles is 1. The highest BCUT2D eigenvalue weighted by Crippen LogP contribution is 2.02. The van der Waals surface area contributed by atoms with Crippen LogP contribution in [0.5, 0.6) is 0 Å². The molecule has 1 atom stereocenters. The Balaban J connectivity index is 3.46. The number of hydrogen-bond donors (Lipinski definition) is 1. The van der Waals surface area contributed by atoms with Crippen molar-refractivity contribution in [3.05, 3.63) is 0 Å². The van der Waals surface area contributed by atoms with E-state index < -0.39 is 5.54 Å². The third-order valence-electron chi connectivity index (χ3n) is 2.22. The van der Waals surface area contributed by atoms with E-state index in [0.717, 1.165) is 26.0 Å². The minimum Gasteiger partial charge on any atom is -0.379 e. The van der Waals surface area contributed by atoms with E-state index in [1.54, 1.807) is 0 Å². The lowest BCUT2D eigenvalue weighted by molar-refractivity contribution is 0.0316. The first kappa shape index (κ1) is 15.4. The number of nitrogens with zero attached hydrogens (tertiary/aromatic N) is 1. The summed E-state index contributed by atoms with van der Waals surface area (Å²) in [5.74, 6) is 0. The Kier molecular flexibility index (Phi) is 9.21. The lowest BCUT2D eigenvalue weighted by Crippen LogP contribution is -2.45. The zero-order valence-corrected chi connectivity index (χ0v) is 10.7. The fraction of sp³-hybridized carbons (Fsp3) is 0.917. The Labute approximate surface area is 98.9 Å². The van der Waals surface area contributed by atoms with Crippen molar-refractivity contribution >= 4 is 0 Å². The summed E-state index contributed by atoms with van der Waals surface area (Å²) in [6.45, 7) is 9.06. The zero-order valence-electron chi connectivity index (χ0n) is 10.7. The summed E-state index contributed by atoms with van der Waals surface area (Å²) in [4.78, 5) is 0. The van der Waals surface area contributed by atoms with Gasteiger partial charge in [0.05, 0.1) is 25.9 Å². The first-order valence-electron chi connectivity index (χ1n) is 6.00. The van der Waals surface area contributed by atoms with E-state index in [2.05, 4.69) is 18.3 Å². The van der Waals surface area contributed by atoms with Crippen molar-refractivity contribution in [1.29, 1.82) is 5.26 Å². The monoisotopic (exact) mass is 228 g/mol. The van der Waals surface area contributed by atoms with Gasteiger partial charge in [0.2, 0.25) is 0 Å². The lowest BCUT2D eigenvalue weighted by Gasteiger charge is -2.22. The fourth-order valence-electron chi connectivity index (χ4n) is 1.26. The predicted octanol–water partition coefficient (Wildman–Crippen LogP) is 1.71. The SMILES string of the molecule is CCCCOCCOCC(C)(C#N)NCC. The van der Waals surface area contributed by atoms with Crippen LogP contribution in [0.3, 0.4) is 0 Å². The molecule has 0 saturated carbocycles. The standard InChI is InChI=1S/C12H24N2O2/c1-4-6-7-15-8-9-16-11-12(3,10-13)14-5-2/h14H,4-9,11H2,1-3H3. The van der Waals surface area contributed by atoms with Gasteiger partial charge in [-0.05, 0) is 19.9 Å². The van der Waals surface area contributed by atoms with Gasteiger partial charge in [-0.1, -0.05) is 20.3 Å². The van der Waals surface area contributed by atoms with Crippen LogP contribution >= 0.6 is 0 Å². The van der Waals surface area contributed by atoms with E-state index in [1.165, 1.54) is 0 Å². The van der Waals surface area contributed by atoms with Gasteiger partial charge in [0.25, 0.3) is 0 Å². The molecule has 0 radical (unpaired) electrons. The van der Waals surface area contributed by atoms with Crippen molar-refractivity contribution in [2.24, 2.45) is 0 Å². The van der Waals surface area contributed by atoms with Gasteiger partial charge in [0.15, 0.2) is 0 Å². The second-order valence-electron chi connectivity index (χ2n) is 3.99. The largest absolute Gasteiger partial charge is 0.379 e. The highest BCUT2D eigenvalue weighted by atomic mass is 16.5. The van der Waals surface area contributed by atoms with Crippen molar-refractivity contribution in [2.45, 2.75) is 39.2 Å². The summed E-state index contributed by atoms with van der Waals surface area (Å²) < 4.78 is 10.8. The van der Waals surface area contributed by atoms with Gasteiger partial charge in [-0.25, -0.2) is 0 Å². The van der Waals surface area contributed by atoms with E-state index in [0.29, 0.717) is 19.8 Å². The Morgan fingerprint density at radius 2 is 1.88 bits per heavy atom. The quantitative estimate of drug-likeness (QED) is 0.578. The first-order chi connectivity index (χ1) is 7.68. The number of nitrogens with one attached hydrogen (secondary N) is 1. The smallest absolute Gasteiger partial charge is 0.127 e. The van der Waals surface area contributed by atoms with Gasteiger partial charge in [0.1, 0.15) is 5.54 Å². The number of likely N-dealkylation sites (N-methyl/N-ethyl adjacent to an activating group) is 1. The Morgan fingerprint density at radius 1 is 1.19 bits per heavy atom. The topological polar surface area (TPSA) is 54.3 Å². The summed E-state index contributed by atoms with van der Waals surface area (Å²) in [5.41, 5.74) is -0.585. The maximum Gasteiger partial charge on any atom is 0.127 e. The molecule has 0 spiro atoms. The van der Waals surface area contributed by atoms with Crippen LogP contribution in [0.1, 0.15) is 33.6 Å². The molecule has 0 heterocycles. The van der Waals surface area contributed by atoms with Crippen LogP contribution in [-0.2, 0) is 9.47 Å². The third-order valence-corrected chi connectivity index (χ3v) is 2.22. The molecule has 0 aliphatic heterocycles. The molecule has 0 saturated heterocycles. The molecule has 16 heavy (non-hydrogen) atoms. The molecule has 0 fully saturated rings. The molecule has 94 valence electrons. The normalized spacial score (nSPS) is 14.4. The number of rotatable bonds is 10. The number of unbranched alkanes of at least 4 members (excludes halogenated alkanes) is 1. The molecular formula is C12H24N2O2. The van der Waals surface area contributed by atoms with Crippen molar-refractivity contribution in [3.8, 4) is 6.07 Å². The molecule has 0 aromatic heterocycles. The minimum atomic E-state index is -0.585. The Morgan fingerprint density at radius 3 is 2.44 bits per heavy atom. The van der Waals surface area contributed by atoms with Crippen LogP contribution in [0.2, 0.25) is 0 Å². The highest BCUT2D eigenvalue weighted by molar-refractivity contribution is 5.03. The summed E-state index contributed by atoms with van der Waals surface area (Å²) in [6.07, 6.45) is 2.24. The number of hydrogen-bond acceptors (Lipinski definition) is 4. The summed E-state index contributed by atoms with van der Waals surface area (Å²) in [7, 11) is 0. The number of ether oxygens (including phenoxy) is 2. The van der Waals surface area contributed by atoms with Gasteiger partial charge in [-0.2, -0.15) is 5.26 Å². The maximum atomic E-state index is 8.97. The first-order valence-corrected chi connectivity index (χ1v) is 6.00. The average Bonchev–Trinajstić information content (AvgIpc) is 2.28. The molecule has 0 aromatic carbocycles. The molecule has 0 aliphatic rings. The highest BCUT2D eigenvalue weighted by Gasteiger charge is 2.22. The van der Waals surface area contributed by atoms with Crippen LogP contribution in [0.15, 0.2) is 0 Å². The van der Waals surface area contributed by atoms with Gasteiger partial charge in [-0.15, -0.1) is 0 Å². The van der Waals surface area contributed by atoms with Gasteiger partial charge in [0, 0.05) is 6.61 Å².